The van der Waals surface area contributed by atoms with E-state index in [0.29, 0.717) is 17.3 Å². The van der Waals surface area contributed by atoms with E-state index in [0.717, 1.165) is 0 Å². The van der Waals surface area contributed by atoms with Crippen molar-refractivity contribution < 1.29 is 13.2 Å². The van der Waals surface area contributed by atoms with E-state index >= 15 is 0 Å². The molecule has 86 valence electrons. The summed E-state index contributed by atoms with van der Waals surface area (Å²) in [4.78, 5) is 0.148. The lowest BCUT2D eigenvalue weighted by molar-refractivity contribution is 0.370. The molecule has 1 aromatic carbocycles. The number of benzene rings is 1. The van der Waals surface area contributed by atoms with Crippen LogP contribution >= 0.6 is 0 Å². The lowest BCUT2D eigenvalue weighted by Gasteiger charge is -2.02. The minimum Gasteiger partial charge on any atom is -0.481 e. The van der Waals surface area contributed by atoms with Crippen molar-refractivity contribution in [2.45, 2.75) is 4.90 Å². The molecule has 1 rings (SSSR count). The molecule has 0 heterocycles. The van der Waals surface area contributed by atoms with Gasteiger partial charge in [0.2, 0.25) is 0 Å². The van der Waals surface area contributed by atoms with E-state index < -0.39 is 10.0 Å². The molecule has 4 nitrogen and oxygen atoms in total. The SMILES string of the molecule is C#CCOc1ccc(S(=O)(=O)N=[SH]C)cc1. The number of hydrogen-bond donors (Lipinski definition) is 1. The zero-order valence-corrected chi connectivity index (χ0v) is 10.3. The predicted molar refractivity (Wildman–Crippen MR) is 65.1 cm³/mol. The highest BCUT2D eigenvalue weighted by Crippen LogP contribution is 2.17. The summed E-state index contributed by atoms with van der Waals surface area (Å²) >= 11 is 0.456. The Balaban J connectivity index is 2.92. The third-order valence-electron chi connectivity index (χ3n) is 1.63. The van der Waals surface area contributed by atoms with Gasteiger partial charge in [-0.1, -0.05) is 17.5 Å². The monoisotopic (exact) mass is 257 g/mol. The van der Waals surface area contributed by atoms with Crippen LogP contribution in [0, 0.1) is 12.3 Å². The molecule has 0 saturated heterocycles. The van der Waals surface area contributed by atoms with E-state index in [4.69, 9.17) is 11.2 Å². The van der Waals surface area contributed by atoms with Crippen molar-refractivity contribution in [3.05, 3.63) is 24.3 Å². The molecular formula is C10H11NO3S2. The molecule has 0 radical (unpaired) electrons. The van der Waals surface area contributed by atoms with E-state index in [1.54, 1.807) is 18.4 Å². The Morgan fingerprint density at radius 3 is 2.56 bits per heavy atom. The van der Waals surface area contributed by atoms with Crippen LogP contribution in [0.3, 0.4) is 0 Å². The highest BCUT2D eigenvalue weighted by atomic mass is 32.2. The summed E-state index contributed by atoms with van der Waals surface area (Å²) in [6.07, 6.45) is 6.67. The summed E-state index contributed by atoms with van der Waals surface area (Å²) in [7, 11) is -3.53. The Bertz CT molecular complexity index is 512. The van der Waals surface area contributed by atoms with E-state index in [1.165, 1.54) is 12.1 Å². The van der Waals surface area contributed by atoms with Gasteiger partial charge in [-0.2, -0.15) is 8.42 Å². The van der Waals surface area contributed by atoms with Gasteiger partial charge in [0.1, 0.15) is 12.4 Å². The summed E-state index contributed by atoms with van der Waals surface area (Å²) in [5, 5.41) is 0. The summed E-state index contributed by atoms with van der Waals surface area (Å²) in [5.74, 6) is 2.85. The van der Waals surface area contributed by atoms with E-state index in [9.17, 15) is 8.42 Å². The number of nitrogens with zero attached hydrogens (tertiary/aromatic N) is 1. The molecule has 0 saturated carbocycles. The quantitative estimate of drug-likeness (QED) is 0.647. The Labute approximate surface area is 98.8 Å². The number of sulfonamides is 1. The molecule has 0 spiro atoms. The smallest absolute Gasteiger partial charge is 0.287 e. The number of thiol groups is 1. The average molecular weight is 257 g/mol. The molecule has 0 aliphatic carbocycles. The van der Waals surface area contributed by atoms with Crippen molar-refractivity contribution in [2.75, 3.05) is 12.9 Å². The fraction of sp³-hybridized carbons (Fsp3) is 0.200. The number of rotatable bonds is 4. The number of hydrogen-bond acceptors (Lipinski definition) is 3. The Hall–Kier alpha value is -1.32. The number of terminal acetylenes is 1. The molecule has 0 N–H and O–H groups in total. The minimum absolute atomic E-state index is 0.148. The van der Waals surface area contributed by atoms with Gasteiger partial charge in [-0.15, -0.1) is 10.2 Å². The van der Waals surface area contributed by atoms with Gasteiger partial charge < -0.3 is 4.74 Å². The molecule has 0 amide bonds. The van der Waals surface area contributed by atoms with Gasteiger partial charge in [0.25, 0.3) is 10.0 Å². The van der Waals surface area contributed by atoms with Gasteiger partial charge in [-0.25, -0.2) is 0 Å². The van der Waals surface area contributed by atoms with Crippen molar-refractivity contribution >= 4 is 21.6 Å². The second-order valence-electron chi connectivity index (χ2n) is 2.72. The maximum absolute atomic E-state index is 11.5. The van der Waals surface area contributed by atoms with Crippen molar-refractivity contribution in [1.29, 1.82) is 0 Å². The third-order valence-corrected chi connectivity index (χ3v) is 4.01. The third kappa shape index (κ3) is 3.36. The van der Waals surface area contributed by atoms with Crippen LogP contribution < -0.4 is 4.74 Å². The normalized spacial score (nSPS) is 11.8. The van der Waals surface area contributed by atoms with Gasteiger partial charge >= 0.3 is 0 Å². The standard InChI is InChI=1S/C10H11NO3S2/c1-3-8-14-9-4-6-10(7-5-9)16(12,13)11-15-2/h1,4-7,15H,8H2,2H3. The highest BCUT2D eigenvalue weighted by molar-refractivity contribution is 7.94. The Kier molecular flexibility index (Phi) is 4.52. The van der Waals surface area contributed by atoms with Crippen LogP contribution in [-0.2, 0) is 21.6 Å². The molecule has 6 heteroatoms. The second-order valence-corrected chi connectivity index (χ2v) is 5.20. The largest absolute Gasteiger partial charge is 0.481 e. The topological polar surface area (TPSA) is 55.7 Å². The molecule has 0 aromatic heterocycles. The molecule has 0 atom stereocenters. The first-order valence-electron chi connectivity index (χ1n) is 4.32. The zero-order valence-electron chi connectivity index (χ0n) is 8.62. The van der Waals surface area contributed by atoms with Gasteiger partial charge in [0, 0.05) is 0 Å². The molecule has 0 fully saturated rings. The van der Waals surface area contributed by atoms with Gasteiger partial charge in [-0.05, 0) is 30.5 Å². The van der Waals surface area contributed by atoms with Crippen LogP contribution in [-0.4, -0.2) is 21.3 Å². The lowest BCUT2D eigenvalue weighted by Crippen LogP contribution is -1.97. The maximum atomic E-state index is 11.5. The molecular weight excluding hydrogens is 246 g/mol. The molecule has 16 heavy (non-hydrogen) atoms. The van der Waals surface area contributed by atoms with Crippen LogP contribution in [0.5, 0.6) is 5.75 Å². The molecule has 0 aliphatic heterocycles. The first-order valence-corrected chi connectivity index (χ1v) is 7.06. The summed E-state index contributed by atoms with van der Waals surface area (Å²) in [6.45, 7) is 0.157. The molecule has 1 aromatic rings. The van der Waals surface area contributed by atoms with Crippen LogP contribution in [0.4, 0.5) is 0 Å². The molecule has 0 bridgehead atoms. The van der Waals surface area contributed by atoms with Crippen LogP contribution in [0.2, 0.25) is 0 Å². The first kappa shape index (κ1) is 12.7. The fourth-order valence-electron chi connectivity index (χ4n) is 0.987. The average Bonchev–Trinajstić information content (AvgIpc) is 2.27. The van der Waals surface area contributed by atoms with Crippen LogP contribution in [0.25, 0.3) is 0 Å². The Morgan fingerprint density at radius 2 is 2.06 bits per heavy atom. The van der Waals surface area contributed by atoms with Gasteiger partial charge in [0.15, 0.2) is 0 Å². The van der Waals surface area contributed by atoms with Crippen LogP contribution in [0.1, 0.15) is 0 Å². The predicted octanol–water partition coefficient (Wildman–Crippen LogP) is 1.02. The first-order chi connectivity index (χ1) is 7.60. The lowest BCUT2D eigenvalue weighted by atomic mass is 10.3. The van der Waals surface area contributed by atoms with Crippen molar-refractivity contribution in [3.8, 4) is 18.1 Å². The van der Waals surface area contributed by atoms with Gasteiger partial charge in [0.05, 0.1) is 4.90 Å². The van der Waals surface area contributed by atoms with E-state index in [-0.39, 0.29) is 11.5 Å². The van der Waals surface area contributed by atoms with E-state index in [1.807, 2.05) is 0 Å². The molecule has 0 aliphatic rings. The van der Waals surface area contributed by atoms with Crippen molar-refractivity contribution in [2.24, 2.45) is 3.77 Å². The highest BCUT2D eigenvalue weighted by Gasteiger charge is 2.10. The summed E-state index contributed by atoms with van der Waals surface area (Å²) < 4.78 is 31.6. The minimum atomic E-state index is -3.53. The van der Waals surface area contributed by atoms with E-state index in [2.05, 4.69) is 9.69 Å². The number of ether oxygens (including phenoxy) is 1. The molecule has 0 unspecified atom stereocenters. The zero-order chi connectivity index (χ0) is 12.0. The van der Waals surface area contributed by atoms with Crippen molar-refractivity contribution in [1.82, 2.24) is 0 Å². The Morgan fingerprint density at radius 1 is 1.44 bits per heavy atom. The van der Waals surface area contributed by atoms with Crippen molar-refractivity contribution in [3.63, 3.8) is 0 Å². The van der Waals surface area contributed by atoms with Gasteiger partial charge in [-0.3, -0.25) is 0 Å². The fourth-order valence-corrected chi connectivity index (χ4v) is 2.70. The summed E-state index contributed by atoms with van der Waals surface area (Å²) in [5.41, 5.74) is 0. The second kappa shape index (κ2) is 5.68. The maximum Gasteiger partial charge on any atom is 0.287 e. The van der Waals surface area contributed by atoms with Crippen LogP contribution in [0.15, 0.2) is 32.9 Å². The summed E-state index contributed by atoms with van der Waals surface area (Å²) in [6, 6.07) is 5.98.